The number of nitrogens with zero attached hydrogens (tertiary/aromatic N) is 3. The van der Waals surface area contributed by atoms with Gasteiger partial charge in [0.05, 0.1) is 12.1 Å². The molecule has 0 amide bonds. The molecular weight excluding hydrogens is 256 g/mol. The Hall–Kier alpha value is -2.21. The highest BCUT2D eigenvalue weighted by molar-refractivity contribution is 5.89. The van der Waals surface area contributed by atoms with E-state index in [4.69, 9.17) is 5.11 Å². The molecule has 0 spiro atoms. The van der Waals surface area contributed by atoms with Gasteiger partial charge in [-0.05, 0) is 31.5 Å². The second-order valence-electron chi connectivity index (χ2n) is 4.38. The van der Waals surface area contributed by atoms with E-state index < -0.39 is 5.97 Å². The zero-order valence-corrected chi connectivity index (χ0v) is 11.4. The average Bonchev–Trinajstić information content (AvgIpc) is 2.91. The second kappa shape index (κ2) is 6.81. The molecule has 0 fully saturated rings. The van der Waals surface area contributed by atoms with E-state index in [1.807, 2.05) is 23.7 Å². The Balaban J connectivity index is 1.86. The zero-order chi connectivity index (χ0) is 14.4. The largest absolute Gasteiger partial charge is 0.478 e. The van der Waals surface area contributed by atoms with Crippen LogP contribution in [-0.4, -0.2) is 32.4 Å². The van der Waals surface area contributed by atoms with Gasteiger partial charge < -0.3 is 10.4 Å². The first-order valence-electron chi connectivity index (χ1n) is 6.61. The van der Waals surface area contributed by atoms with Gasteiger partial charge in [0, 0.05) is 6.54 Å². The molecule has 1 aromatic carbocycles. The SMILES string of the molecule is CCn1ncnc1CNCCc1ccccc1C(=O)O. The van der Waals surface area contributed by atoms with Crippen molar-refractivity contribution in [1.82, 2.24) is 20.1 Å². The minimum Gasteiger partial charge on any atom is -0.478 e. The van der Waals surface area contributed by atoms with Gasteiger partial charge >= 0.3 is 5.97 Å². The first-order chi connectivity index (χ1) is 9.72. The molecular formula is C14H18N4O2. The zero-order valence-electron chi connectivity index (χ0n) is 11.4. The van der Waals surface area contributed by atoms with Gasteiger partial charge in [-0.2, -0.15) is 5.10 Å². The summed E-state index contributed by atoms with van der Waals surface area (Å²) in [5.41, 5.74) is 1.20. The molecule has 20 heavy (non-hydrogen) atoms. The lowest BCUT2D eigenvalue weighted by Crippen LogP contribution is -2.20. The summed E-state index contributed by atoms with van der Waals surface area (Å²) in [6, 6.07) is 7.07. The van der Waals surface area contributed by atoms with Crippen molar-refractivity contribution in [3.8, 4) is 0 Å². The van der Waals surface area contributed by atoms with Crippen LogP contribution in [0.4, 0.5) is 0 Å². The highest BCUT2D eigenvalue weighted by Gasteiger charge is 2.08. The summed E-state index contributed by atoms with van der Waals surface area (Å²) in [5, 5.41) is 16.5. The van der Waals surface area contributed by atoms with E-state index in [1.165, 1.54) is 0 Å². The van der Waals surface area contributed by atoms with E-state index in [0.29, 0.717) is 25.1 Å². The maximum atomic E-state index is 11.1. The number of aromatic nitrogens is 3. The molecule has 0 saturated carbocycles. The lowest BCUT2D eigenvalue weighted by molar-refractivity contribution is 0.0695. The monoisotopic (exact) mass is 274 g/mol. The van der Waals surface area contributed by atoms with Crippen LogP contribution in [0.1, 0.15) is 28.7 Å². The van der Waals surface area contributed by atoms with Crippen molar-refractivity contribution in [2.75, 3.05) is 6.54 Å². The molecule has 0 unspecified atom stereocenters. The van der Waals surface area contributed by atoms with Gasteiger partial charge in [-0.15, -0.1) is 0 Å². The highest BCUT2D eigenvalue weighted by Crippen LogP contribution is 2.09. The summed E-state index contributed by atoms with van der Waals surface area (Å²) in [7, 11) is 0. The second-order valence-corrected chi connectivity index (χ2v) is 4.38. The van der Waals surface area contributed by atoms with E-state index >= 15 is 0 Å². The van der Waals surface area contributed by atoms with Gasteiger partial charge in [-0.1, -0.05) is 18.2 Å². The van der Waals surface area contributed by atoms with Crippen LogP contribution in [0.25, 0.3) is 0 Å². The number of hydrogen-bond acceptors (Lipinski definition) is 4. The lowest BCUT2D eigenvalue weighted by atomic mass is 10.0. The van der Waals surface area contributed by atoms with Gasteiger partial charge in [-0.25, -0.2) is 14.5 Å². The Morgan fingerprint density at radius 2 is 2.20 bits per heavy atom. The molecule has 106 valence electrons. The Morgan fingerprint density at radius 1 is 1.40 bits per heavy atom. The third-order valence-corrected chi connectivity index (χ3v) is 3.10. The number of carboxylic acids is 1. The summed E-state index contributed by atoms with van der Waals surface area (Å²) < 4.78 is 1.83. The van der Waals surface area contributed by atoms with E-state index in [2.05, 4.69) is 15.4 Å². The summed E-state index contributed by atoms with van der Waals surface area (Å²) in [6.45, 7) is 4.13. The van der Waals surface area contributed by atoms with Crippen molar-refractivity contribution in [1.29, 1.82) is 0 Å². The number of aryl methyl sites for hydroxylation is 1. The minimum absolute atomic E-state index is 0.367. The van der Waals surface area contributed by atoms with E-state index in [0.717, 1.165) is 17.9 Å². The van der Waals surface area contributed by atoms with Gasteiger partial charge in [0.15, 0.2) is 0 Å². The molecule has 6 nitrogen and oxygen atoms in total. The molecule has 0 bridgehead atoms. The fourth-order valence-electron chi connectivity index (χ4n) is 2.06. The molecule has 0 atom stereocenters. The number of benzene rings is 1. The Kier molecular flexibility index (Phi) is 4.84. The van der Waals surface area contributed by atoms with Gasteiger partial charge in [0.25, 0.3) is 0 Å². The van der Waals surface area contributed by atoms with Crippen LogP contribution in [-0.2, 0) is 19.5 Å². The van der Waals surface area contributed by atoms with Crippen molar-refractivity contribution < 1.29 is 9.90 Å². The minimum atomic E-state index is -0.883. The van der Waals surface area contributed by atoms with Gasteiger partial charge in [-0.3, -0.25) is 0 Å². The van der Waals surface area contributed by atoms with Crippen molar-refractivity contribution >= 4 is 5.97 Å². The normalized spacial score (nSPS) is 10.7. The topological polar surface area (TPSA) is 80.0 Å². The van der Waals surface area contributed by atoms with Crippen molar-refractivity contribution in [3.63, 3.8) is 0 Å². The lowest BCUT2D eigenvalue weighted by Gasteiger charge is -2.07. The van der Waals surface area contributed by atoms with Crippen LogP contribution in [0.5, 0.6) is 0 Å². The number of carbonyl (C=O) groups is 1. The summed E-state index contributed by atoms with van der Waals surface area (Å²) in [6.07, 6.45) is 2.21. The molecule has 1 aromatic heterocycles. The molecule has 2 N–H and O–H groups in total. The standard InChI is InChI=1S/C14H18N4O2/c1-2-18-13(16-10-17-18)9-15-8-7-11-5-3-4-6-12(11)14(19)20/h3-6,10,15H,2,7-9H2,1H3,(H,19,20). The van der Waals surface area contributed by atoms with E-state index in [9.17, 15) is 4.79 Å². The Labute approximate surface area is 117 Å². The Bertz CT molecular complexity index is 580. The molecule has 0 saturated heterocycles. The fraction of sp³-hybridized carbons (Fsp3) is 0.357. The first kappa shape index (κ1) is 14.2. The van der Waals surface area contributed by atoms with Crippen molar-refractivity contribution in [2.24, 2.45) is 0 Å². The maximum absolute atomic E-state index is 11.1. The Morgan fingerprint density at radius 3 is 2.95 bits per heavy atom. The van der Waals surface area contributed by atoms with E-state index in [-0.39, 0.29) is 0 Å². The number of rotatable bonds is 7. The summed E-state index contributed by atoms with van der Waals surface area (Å²) in [5.74, 6) is 0.00495. The van der Waals surface area contributed by atoms with Crippen molar-refractivity contribution in [2.45, 2.75) is 26.4 Å². The number of carboxylic acid groups (broad SMARTS) is 1. The van der Waals surface area contributed by atoms with E-state index in [1.54, 1.807) is 18.5 Å². The molecule has 0 aliphatic carbocycles. The van der Waals surface area contributed by atoms with Gasteiger partial charge in [0.2, 0.25) is 0 Å². The fourth-order valence-corrected chi connectivity index (χ4v) is 2.06. The van der Waals surface area contributed by atoms with Gasteiger partial charge in [0.1, 0.15) is 12.2 Å². The van der Waals surface area contributed by atoms with Crippen LogP contribution in [0.3, 0.4) is 0 Å². The van der Waals surface area contributed by atoms with Crippen LogP contribution in [0.15, 0.2) is 30.6 Å². The number of hydrogen-bond donors (Lipinski definition) is 2. The van der Waals surface area contributed by atoms with Crippen LogP contribution in [0, 0.1) is 0 Å². The number of aromatic carboxylic acids is 1. The van der Waals surface area contributed by atoms with Crippen LogP contribution in [0.2, 0.25) is 0 Å². The molecule has 0 aliphatic heterocycles. The highest BCUT2D eigenvalue weighted by atomic mass is 16.4. The van der Waals surface area contributed by atoms with Crippen molar-refractivity contribution in [3.05, 3.63) is 47.5 Å². The smallest absolute Gasteiger partial charge is 0.335 e. The molecule has 1 heterocycles. The average molecular weight is 274 g/mol. The summed E-state index contributed by atoms with van der Waals surface area (Å²) >= 11 is 0. The molecule has 0 aliphatic rings. The third-order valence-electron chi connectivity index (χ3n) is 3.10. The maximum Gasteiger partial charge on any atom is 0.335 e. The molecule has 6 heteroatoms. The first-order valence-corrected chi connectivity index (χ1v) is 6.61. The van der Waals surface area contributed by atoms with Crippen LogP contribution < -0.4 is 5.32 Å². The quantitative estimate of drug-likeness (QED) is 0.744. The predicted molar refractivity (Wildman–Crippen MR) is 74.5 cm³/mol. The summed E-state index contributed by atoms with van der Waals surface area (Å²) in [4.78, 5) is 15.3. The predicted octanol–water partition coefficient (Wildman–Crippen LogP) is 1.33. The third kappa shape index (κ3) is 3.42. The molecule has 2 rings (SSSR count). The molecule has 0 radical (unpaired) electrons. The number of nitrogens with one attached hydrogen (secondary N) is 1. The van der Waals surface area contributed by atoms with Crippen LogP contribution >= 0.6 is 0 Å². The molecule has 2 aromatic rings.